The van der Waals surface area contributed by atoms with Gasteiger partial charge in [-0.2, -0.15) is 0 Å². The molecule has 0 radical (unpaired) electrons. The molecule has 0 spiro atoms. The van der Waals surface area contributed by atoms with E-state index < -0.39 is 0 Å². The van der Waals surface area contributed by atoms with E-state index in [4.69, 9.17) is 0 Å². The Morgan fingerprint density at radius 3 is 1.75 bits per heavy atom. The molecule has 1 aliphatic heterocycles. The van der Waals surface area contributed by atoms with Gasteiger partial charge in [-0.15, -0.1) is 0 Å². The van der Waals surface area contributed by atoms with Gasteiger partial charge in [0.1, 0.15) is 0 Å². The van der Waals surface area contributed by atoms with Crippen LogP contribution in [0.3, 0.4) is 0 Å². The first-order chi connectivity index (χ1) is 15.6. The van der Waals surface area contributed by atoms with E-state index in [0.29, 0.717) is 5.92 Å². The first kappa shape index (κ1) is 22.0. The molecule has 3 aromatic rings. The van der Waals surface area contributed by atoms with E-state index in [-0.39, 0.29) is 11.9 Å². The van der Waals surface area contributed by atoms with Crippen molar-refractivity contribution in [2.75, 3.05) is 26.2 Å². The molecule has 0 aromatic heterocycles. The van der Waals surface area contributed by atoms with Crippen LogP contribution in [-0.2, 0) is 4.79 Å². The molecule has 1 aliphatic rings. The highest BCUT2D eigenvalue weighted by Gasteiger charge is 2.27. The number of rotatable bonds is 6. The average Bonchev–Trinajstić information content (AvgIpc) is 2.85. The second kappa shape index (κ2) is 10.4. The van der Waals surface area contributed by atoms with Gasteiger partial charge in [0.15, 0.2) is 0 Å². The summed E-state index contributed by atoms with van der Waals surface area (Å²) in [7, 11) is 0. The molecule has 3 nitrogen and oxygen atoms in total. The van der Waals surface area contributed by atoms with Crippen molar-refractivity contribution >= 4 is 12.0 Å². The summed E-state index contributed by atoms with van der Waals surface area (Å²) >= 11 is 0. The maximum absolute atomic E-state index is 12.8. The Hall–Kier alpha value is -3.17. The number of piperazine rings is 1. The first-order valence-electron chi connectivity index (χ1n) is 11.5. The normalized spacial score (nSPS) is 15.1. The molecule has 0 saturated carbocycles. The van der Waals surface area contributed by atoms with Crippen molar-refractivity contribution in [3.63, 3.8) is 0 Å². The zero-order valence-corrected chi connectivity index (χ0v) is 19.0. The third-order valence-electron chi connectivity index (χ3n) is 6.24. The lowest BCUT2D eigenvalue weighted by Gasteiger charge is -2.39. The van der Waals surface area contributed by atoms with Crippen LogP contribution in [0.15, 0.2) is 91.0 Å². The van der Waals surface area contributed by atoms with Gasteiger partial charge in [0, 0.05) is 32.3 Å². The molecule has 32 heavy (non-hydrogen) atoms. The lowest BCUT2D eigenvalue weighted by Crippen LogP contribution is -2.49. The maximum atomic E-state index is 12.8. The van der Waals surface area contributed by atoms with Gasteiger partial charge in [0.05, 0.1) is 6.04 Å². The molecule has 3 heteroatoms. The average molecular weight is 425 g/mol. The standard InChI is InChI=1S/C29H32N2O/c1-23(2)25-16-13-24(14-17-25)15-18-28(32)30-19-21-31(22-20-30)29(26-9-5-3-6-10-26)27-11-7-4-8-12-27/h3-18,23,29H,19-22H2,1-2H3. The van der Waals surface area contributed by atoms with E-state index in [1.807, 2.05) is 11.0 Å². The van der Waals surface area contributed by atoms with Crippen molar-refractivity contribution in [3.05, 3.63) is 113 Å². The number of hydrogen-bond acceptors (Lipinski definition) is 2. The van der Waals surface area contributed by atoms with Gasteiger partial charge in [-0.25, -0.2) is 0 Å². The minimum absolute atomic E-state index is 0.0913. The van der Waals surface area contributed by atoms with Gasteiger partial charge in [0.2, 0.25) is 5.91 Å². The van der Waals surface area contributed by atoms with Crippen molar-refractivity contribution in [2.24, 2.45) is 0 Å². The Labute approximate surface area is 192 Å². The SMILES string of the molecule is CC(C)c1ccc(C=CC(=O)N2CCN(C(c3ccccc3)c3ccccc3)CC2)cc1. The van der Waals surface area contributed by atoms with Crippen LogP contribution in [0.4, 0.5) is 0 Å². The molecular weight excluding hydrogens is 392 g/mol. The van der Waals surface area contributed by atoms with Crippen molar-refractivity contribution < 1.29 is 4.79 Å². The molecule has 0 N–H and O–H groups in total. The van der Waals surface area contributed by atoms with Crippen LogP contribution in [0.2, 0.25) is 0 Å². The third kappa shape index (κ3) is 5.35. The largest absolute Gasteiger partial charge is 0.337 e. The fourth-order valence-electron chi connectivity index (χ4n) is 4.35. The van der Waals surface area contributed by atoms with Crippen LogP contribution < -0.4 is 0 Å². The fourth-order valence-corrected chi connectivity index (χ4v) is 4.35. The van der Waals surface area contributed by atoms with Crippen LogP contribution in [0.1, 0.15) is 48.1 Å². The van der Waals surface area contributed by atoms with Gasteiger partial charge in [-0.05, 0) is 34.2 Å². The molecule has 1 heterocycles. The van der Waals surface area contributed by atoms with Crippen LogP contribution in [0, 0.1) is 0 Å². The van der Waals surface area contributed by atoms with Crippen LogP contribution >= 0.6 is 0 Å². The molecular formula is C29H32N2O. The quantitative estimate of drug-likeness (QED) is 0.470. The summed E-state index contributed by atoms with van der Waals surface area (Å²) in [5.41, 5.74) is 4.97. The van der Waals surface area contributed by atoms with E-state index in [1.54, 1.807) is 6.08 Å². The summed E-state index contributed by atoms with van der Waals surface area (Å²) in [6.07, 6.45) is 3.64. The van der Waals surface area contributed by atoms with E-state index in [2.05, 4.69) is 104 Å². The summed E-state index contributed by atoms with van der Waals surface area (Å²) in [5, 5.41) is 0. The lowest BCUT2D eigenvalue weighted by atomic mass is 9.96. The number of nitrogens with zero attached hydrogens (tertiary/aromatic N) is 2. The highest BCUT2D eigenvalue weighted by atomic mass is 16.2. The van der Waals surface area contributed by atoms with Crippen molar-refractivity contribution in [3.8, 4) is 0 Å². The highest BCUT2D eigenvalue weighted by molar-refractivity contribution is 5.91. The highest BCUT2D eigenvalue weighted by Crippen LogP contribution is 2.29. The third-order valence-corrected chi connectivity index (χ3v) is 6.24. The van der Waals surface area contributed by atoms with Gasteiger partial charge in [-0.3, -0.25) is 9.69 Å². The molecule has 0 atom stereocenters. The summed E-state index contributed by atoms with van der Waals surface area (Å²) in [6.45, 7) is 7.58. The molecule has 164 valence electrons. The van der Waals surface area contributed by atoms with Crippen LogP contribution in [0.5, 0.6) is 0 Å². The smallest absolute Gasteiger partial charge is 0.246 e. The number of carbonyl (C=O) groups is 1. The maximum Gasteiger partial charge on any atom is 0.246 e. The van der Waals surface area contributed by atoms with Crippen molar-refractivity contribution in [2.45, 2.75) is 25.8 Å². The summed E-state index contributed by atoms with van der Waals surface area (Å²) in [5.74, 6) is 0.607. The zero-order valence-electron chi connectivity index (χ0n) is 19.0. The van der Waals surface area contributed by atoms with E-state index >= 15 is 0 Å². The fraction of sp³-hybridized carbons (Fsp3) is 0.276. The monoisotopic (exact) mass is 424 g/mol. The lowest BCUT2D eigenvalue weighted by molar-refractivity contribution is -0.127. The molecule has 0 unspecified atom stereocenters. The Bertz CT molecular complexity index is 978. The van der Waals surface area contributed by atoms with Gasteiger partial charge >= 0.3 is 0 Å². The molecule has 1 amide bonds. The first-order valence-corrected chi connectivity index (χ1v) is 11.5. The second-order valence-corrected chi connectivity index (χ2v) is 8.74. The molecule has 4 rings (SSSR count). The Kier molecular flexibility index (Phi) is 7.18. The zero-order chi connectivity index (χ0) is 22.3. The Morgan fingerprint density at radius 1 is 0.719 bits per heavy atom. The van der Waals surface area contributed by atoms with Crippen molar-refractivity contribution in [1.29, 1.82) is 0 Å². The van der Waals surface area contributed by atoms with Gasteiger partial charge < -0.3 is 4.90 Å². The summed E-state index contributed by atoms with van der Waals surface area (Å²) in [4.78, 5) is 17.2. The van der Waals surface area contributed by atoms with Gasteiger partial charge in [-0.1, -0.05) is 98.8 Å². The minimum atomic E-state index is 0.0913. The predicted octanol–water partition coefficient (Wildman–Crippen LogP) is 5.76. The van der Waals surface area contributed by atoms with Gasteiger partial charge in [0.25, 0.3) is 0 Å². The van der Waals surface area contributed by atoms with Crippen molar-refractivity contribution in [1.82, 2.24) is 9.80 Å². The summed E-state index contributed by atoms with van der Waals surface area (Å²) < 4.78 is 0. The van der Waals surface area contributed by atoms with E-state index in [1.165, 1.54) is 16.7 Å². The predicted molar refractivity (Wildman–Crippen MR) is 132 cm³/mol. The topological polar surface area (TPSA) is 23.6 Å². The number of hydrogen-bond donors (Lipinski definition) is 0. The molecule has 1 saturated heterocycles. The van der Waals surface area contributed by atoms with E-state index in [0.717, 1.165) is 31.7 Å². The molecule has 1 fully saturated rings. The van der Waals surface area contributed by atoms with E-state index in [9.17, 15) is 4.79 Å². The number of amides is 1. The van der Waals surface area contributed by atoms with Crippen LogP contribution in [0.25, 0.3) is 6.08 Å². The Balaban J connectivity index is 1.40. The molecule has 0 bridgehead atoms. The molecule has 0 aliphatic carbocycles. The summed E-state index contributed by atoms with van der Waals surface area (Å²) in [6, 6.07) is 30.0. The number of carbonyl (C=O) groups excluding carboxylic acids is 1. The number of benzene rings is 3. The minimum Gasteiger partial charge on any atom is -0.337 e. The Morgan fingerprint density at radius 2 is 1.25 bits per heavy atom. The second-order valence-electron chi connectivity index (χ2n) is 8.74. The molecule has 3 aromatic carbocycles. The van der Waals surface area contributed by atoms with Crippen LogP contribution in [-0.4, -0.2) is 41.9 Å².